The Morgan fingerprint density at radius 3 is 2.50 bits per heavy atom. The number of amides is 1. The van der Waals surface area contributed by atoms with Gasteiger partial charge in [-0.2, -0.15) is 0 Å². The number of hydrogen-bond donors (Lipinski definition) is 0. The minimum atomic E-state index is -0.470. The van der Waals surface area contributed by atoms with Crippen molar-refractivity contribution in [2.24, 2.45) is 0 Å². The molecule has 2 saturated heterocycles. The normalized spacial score (nSPS) is 19.2. The van der Waals surface area contributed by atoms with Gasteiger partial charge in [0.05, 0.1) is 25.3 Å². The Labute approximate surface area is 157 Å². The van der Waals surface area contributed by atoms with Gasteiger partial charge in [-0.1, -0.05) is 11.6 Å². The zero-order chi connectivity index (χ0) is 18.1. The maximum absolute atomic E-state index is 12.7. The molecule has 6 nitrogen and oxygen atoms in total. The lowest BCUT2D eigenvalue weighted by atomic mass is 10.0. The van der Waals surface area contributed by atoms with E-state index in [0.717, 1.165) is 5.56 Å². The van der Waals surface area contributed by atoms with E-state index >= 15 is 0 Å². The van der Waals surface area contributed by atoms with E-state index in [1.54, 1.807) is 12.1 Å². The van der Waals surface area contributed by atoms with Crippen molar-refractivity contribution in [3.63, 3.8) is 0 Å². The Hall–Kier alpha value is -1.89. The van der Waals surface area contributed by atoms with Crippen LogP contribution in [0.2, 0.25) is 5.02 Å². The van der Waals surface area contributed by atoms with Gasteiger partial charge in [0.1, 0.15) is 5.76 Å². The summed E-state index contributed by atoms with van der Waals surface area (Å²) in [5.41, 5.74) is 1.51. The van der Waals surface area contributed by atoms with Crippen LogP contribution in [-0.2, 0) is 20.7 Å². The van der Waals surface area contributed by atoms with Crippen molar-refractivity contribution >= 4 is 17.5 Å². The molecular formula is C19H21ClN2O4. The van der Waals surface area contributed by atoms with Crippen molar-refractivity contribution in [1.82, 2.24) is 9.88 Å². The molecule has 1 aromatic heterocycles. The third-order valence-corrected chi connectivity index (χ3v) is 5.25. The van der Waals surface area contributed by atoms with Crippen LogP contribution in [-0.4, -0.2) is 47.9 Å². The number of rotatable bonds is 3. The van der Waals surface area contributed by atoms with Gasteiger partial charge in [0, 0.05) is 36.5 Å². The molecule has 26 heavy (non-hydrogen) atoms. The number of ether oxygens (including phenoxy) is 2. The highest BCUT2D eigenvalue weighted by Gasteiger charge is 2.40. The van der Waals surface area contributed by atoms with Crippen LogP contribution in [0.4, 0.5) is 0 Å². The first-order valence-electron chi connectivity index (χ1n) is 8.83. The summed E-state index contributed by atoms with van der Waals surface area (Å²) in [6.07, 6.45) is 1.66. The van der Waals surface area contributed by atoms with Crippen LogP contribution in [0.3, 0.4) is 0 Å². The van der Waals surface area contributed by atoms with Gasteiger partial charge in [-0.3, -0.25) is 4.79 Å². The lowest BCUT2D eigenvalue weighted by Crippen LogP contribution is -2.47. The van der Waals surface area contributed by atoms with Gasteiger partial charge >= 0.3 is 0 Å². The zero-order valence-corrected chi connectivity index (χ0v) is 15.4. The number of piperidine rings is 1. The molecule has 0 aliphatic carbocycles. The van der Waals surface area contributed by atoms with Crippen molar-refractivity contribution < 1.29 is 18.7 Å². The van der Waals surface area contributed by atoms with Crippen molar-refractivity contribution in [1.29, 1.82) is 0 Å². The highest BCUT2D eigenvalue weighted by Crippen LogP contribution is 2.31. The Balaban J connectivity index is 1.41. The van der Waals surface area contributed by atoms with Crippen molar-refractivity contribution in [2.45, 2.75) is 32.0 Å². The minimum absolute atomic E-state index is 0.0527. The highest BCUT2D eigenvalue weighted by molar-refractivity contribution is 6.30. The number of halogens is 1. The van der Waals surface area contributed by atoms with Crippen LogP contribution >= 0.6 is 11.6 Å². The van der Waals surface area contributed by atoms with E-state index in [2.05, 4.69) is 4.98 Å². The smallest absolute Gasteiger partial charge is 0.228 e. The number of likely N-dealkylation sites (tertiary alicyclic amines) is 1. The number of hydrogen-bond acceptors (Lipinski definition) is 5. The van der Waals surface area contributed by atoms with E-state index in [4.69, 9.17) is 25.5 Å². The van der Waals surface area contributed by atoms with Gasteiger partial charge in [-0.25, -0.2) is 4.98 Å². The first kappa shape index (κ1) is 17.5. The van der Waals surface area contributed by atoms with Crippen LogP contribution in [0.5, 0.6) is 0 Å². The first-order valence-corrected chi connectivity index (χ1v) is 9.20. The number of nitrogens with zero attached hydrogens (tertiary/aromatic N) is 2. The standard InChI is InChI=1S/C19H21ClN2O4/c1-13-16(21-18(26-13)14-2-4-15(20)5-3-14)12-17(23)22-8-6-19(7-9-22)24-10-11-25-19/h2-5H,6-12H2,1H3. The summed E-state index contributed by atoms with van der Waals surface area (Å²) in [6, 6.07) is 7.28. The molecule has 0 unspecified atom stereocenters. The molecule has 2 aliphatic heterocycles. The van der Waals surface area contributed by atoms with Gasteiger partial charge in [-0.15, -0.1) is 0 Å². The Morgan fingerprint density at radius 1 is 1.19 bits per heavy atom. The summed E-state index contributed by atoms with van der Waals surface area (Å²) >= 11 is 5.92. The number of carbonyl (C=O) groups excluding carboxylic acids is 1. The molecular weight excluding hydrogens is 356 g/mol. The number of aryl methyl sites for hydroxylation is 1. The summed E-state index contributed by atoms with van der Waals surface area (Å²) in [7, 11) is 0. The molecule has 2 fully saturated rings. The Bertz CT molecular complexity index is 786. The largest absolute Gasteiger partial charge is 0.441 e. The maximum Gasteiger partial charge on any atom is 0.228 e. The van der Waals surface area contributed by atoms with E-state index in [-0.39, 0.29) is 12.3 Å². The molecule has 2 aliphatic rings. The van der Waals surface area contributed by atoms with Crippen molar-refractivity contribution in [3.05, 3.63) is 40.7 Å². The average Bonchev–Trinajstić information content (AvgIpc) is 3.24. The van der Waals surface area contributed by atoms with Crippen molar-refractivity contribution in [2.75, 3.05) is 26.3 Å². The molecule has 0 saturated carbocycles. The molecule has 0 atom stereocenters. The zero-order valence-electron chi connectivity index (χ0n) is 14.7. The van der Waals surface area contributed by atoms with Gasteiger partial charge in [0.2, 0.25) is 11.8 Å². The van der Waals surface area contributed by atoms with Crippen LogP contribution in [0, 0.1) is 6.92 Å². The van der Waals surface area contributed by atoms with Gasteiger partial charge in [-0.05, 0) is 31.2 Å². The van der Waals surface area contributed by atoms with Gasteiger partial charge < -0.3 is 18.8 Å². The van der Waals surface area contributed by atoms with Crippen molar-refractivity contribution in [3.8, 4) is 11.5 Å². The number of oxazole rings is 1. The fourth-order valence-electron chi connectivity index (χ4n) is 3.45. The maximum atomic E-state index is 12.7. The molecule has 3 heterocycles. The molecule has 1 amide bonds. The second kappa shape index (κ2) is 7.02. The predicted octanol–water partition coefficient (Wildman–Crippen LogP) is 3.21. The third kappa shape index (κ3) is 3.49. The number of aromatic nitrogens is 1. The second-order valence-electron chi connectivity index (χ2n) is 6.69. The summed E-state index contributed by atoms with van der Waals surface area (Å²) in [5, 5.41) is 0.658. The fourth-order valence-corrected chi connectivity index (χ4v) is 3.57. The monoisotopic (exact) mass is 376 g/mol. The lowest BCUT2D eigenvalue weighted by molar-refractivity contribution is -0.187. The van der Waals surface area contributed by atoms with Gasteiger partial charge in [0.25, 0.3) is 0 Å². The Kier molecular flexibility index (Phi) is 4.73. The molecule has 7 heteroatoms. The van der Waals surface area contributed by atoms with Gasteiger partial charge in [0.15, 0.2) is 5.79 Å². The molecule has 1 spiro atoms. The van der Waals surface area contributed by atoms with Crippen LogP contribution < -0.4 is 0 Å². The first-order chi connectivity index (χ1) is 12.5. The molecule has 0 radical (unpaired) electrons. The van der Waals surface area contributed by atoms with Crippen LogP contribution in [0.1, 0.15) is 24.3 Å². The molecule has 0 bridgehead atoms. The number of benzene rings is 1. The molecule has 2 aromatic rings. The van der Waals surface area contributed by atoms with E-state index in [1.165, 1.54) is 0 Å². The molecule has 0 N–H and O–H groups in total. The molecule has 1 aromatic carbocycles. The Morgan fingerprint density at radius 2 is 1.85 bits per heavy atom. The third-order valence-electron chi connectivity index (χ3n) is 4.99. The molecule has 4 rings (SSSR count). The van der Waals surface area contributed by atoms with E-state index in [0.29, 0.717) is 61.5 Å². The predicted molar refractivity (Wildman–Crippen MR) is 95.8 cm³/mol. The summed E-state index contributed by atoms with van der Waals surface area (Å²) in [5.74, 6) is 0.756. The summed E-state index contributed by atoms with van der Waals surface area (Å²) in [4.78, 5) is 19.0. The second-order valence-corrected chi connectivity index (χ2v) is 7.13. The minimum Gasteiger partial charge on any atom is -0.441 e. The quantitative estimate of drug-likeness (QED) is 0.823. The molecule has 138 valence electrons. The highest BCUT2D eigenvalue weighted by atomic mass is 35.5. The summed E-state index contributed by atoms with van der Waals surface area (Å²) < 4.78 is 17.2. The van der Waals surface area contributed by atoms with E-state index in [9.17, 15) is 4.79 Å². The van der Waals surface area contributed by atoms with E-state index in [1.807, 2.05) is 24.0 Å². The fraction of sp³-hybridized carbons (Fsp3) is 0.474. The van der Waals surface area contributed by atoms with Crippen LogP contribution in [0.25, 0.3) is 11.5 Å². The van der Waals surface area contributed by atoms with E-state index < -0.39 is 5.79 Å². The number of carbonyl (C=O) groups is 1. The van der Waals surface area contributed by atoms with Crippen LogP contribution in [0.15, 0.2) is 28.7 Å². The summed E-state index contributed by atoms with van der Waals surface area (Å²) in [6.45, 7) is 4.39. The average molecular weight is 377 g/mol. The SMILES string of the molecule is Cc1oc(-c2ccc(Cl)cc2)nc1CC(=O)N1CCC2(CC1)OCCO2. The topological polar surface area (TPSA) is 64.8 Å². The lowest BCUT2D eigenvalue weighted by Gasteiger charge is -2.37.